The van der Waals surface area contributed by atoms with Crippen LogP contribution < -0.4 is 5.73 Å². The third-order valence-corrected chi connectivity index (χ3v) is 1.86. The first-order chi connectivity index (χ1) is 5.52. The van der Waals surface area contributed by atoms with Gasteiger partial charge < -0.3 is 5.73 Å². The van der Waals surface area contributed by atoms with E-state index in [-0.39, 0.29) is 11.9 Å². The van der Waals surface area contributed by atoms with Crippen molar-refractivity contribution in [3.63, 3.8) is 0 Å². The van der Waals surface area contributed by atoms with Gasteiger partial charge in [0.05, 0.1) is 5.69 Å². The number of nitrogens with two attached hydrogens (primary N) is 1. The molecule has 0 amide bonds. The first kappa shape index (κ1) is 8.77. The maximum absolute atomic E-state index is 7.26. The molecule has 4 heteroatoms. The summed E-state index contributed by atoms with van der Waals surface area (Å²) in [4.78, 5) is 0. The van der Waals surface area contributed by atoms with Gasteiger partial charge in [-0.2, -0.15) is 5.10 Å². The third-order valence-electron chi connectivity index (χ3n) is 1.86. The average Bonchev–Trinajstić information content (AvgIpc) is 2.28. The molecule has 0 saturated heterocycles. The lowest BCUT2D eigenvalue weighted by Crippen LogP contribution is -2.24. The van der Waals surface area contributed by atoms with Crippen molar-refractivity contribution in [2.24, 2.45) is 5.73 Å². The van der Waals surface area contributed by atoms with Crippen molar-refractivity contribution in [1.82, 2.24) is 9.78 Å². The molecule has 1 aromatic heterocycles. The zero-order chi connectivity index (χ0) is 9.30. The van der Waals surface area contributed by atoms with Gasteiger partial charge in [0, 0.05) is 5.69 Å². The van der Waals surface area contributed by atoms with Crippen molar-refractivity contribution in [1.29, 1.82) is 5.41 Å². The van der Waals surface area contributed by atoms with E-state index in [9.17, 15) is 0 Å². The summed E-state index contributed by atoms with van der Waals surface area (Å²) in [6.45, 7) is 5.75. The van der Waals surface area contributed by atoms with Gasteiger partial charge >= 0.3 is 0 Å². The Morgan fingerprint density at radius 1 is 1.67 bits per heavy atom. The molecule has 0 radical (unpaired) electrons. The second kappa shape index (κ2) is 2.97. The summed E-state index contributed by atoms with van der Waals surface area (Å²) in [6.07, 6.45) is 0. The highest BCUT2D eigenvalue weighted by molar-refractivity contribution is 5.80. The highest BCUT2D eigenvalue weighted by Gasteiger charge is 2.10. The van der Waals surface area contributed by atoms with E-state index in [0.717, 1.165) is 11.4 Å². The SMILES string of the molecule is Cc1cc(C)n(C(C)C(=N)N)n1. The number of aromatic nitrogens is 2. The normalized spacial score (nSPS) is 12.9. The molecule has 0 spiro atoms. The van der Waals surface area contributed by atoms with Gasteiger partial charge in [-0.05, 0) is 26.8 Å². The molecule has 0 bridgehead atoms. The molecule has 0 fully saturated rings. The van der Waals surface area contributed by atoms with Gasteiger partial charge in [-0.3, -0.25) is 10.1 Å². The first-order valence-electron chi connectivity index (χ1n) is 3.89. The van der Waals surface area contributed by atoms with Crippen LogP contribution in [-0.2, 0) is 0 Å². The molecule has 1 aromatic rings. The molecule has 0 aromatic carbocycles. The number of nitrogens with one attached hydrogen (secondary N) is 1. The van der Waals surface area contributed by atoms with Crippen molar-refractivity contribution in [2.75, 3.05) is 0 Å². The molecular weight excluding hydrogens is 152 g/mol. The molecule has 0 aliphatic carbocycles. The summed E-state index contributed by atoms with van der Waals surface area (Å²) < 4.78 is 1.76. The predicted molar refractivity (Wildman–Crippen MR) is 48.3 cm³/mol. The summed E-state index contributed by atoms with van der Waals surface area (Å²) in [5.74, 6) is 0.140. The van der Waals surface area contributed by atoms with E-state index in [4.69, 9.17) is 11.1 Å². The molecule has 4 nitrogen and oxygen atoms in total. The number of rotatable bonds is 2. The molecule has 0 aliphatic heterocycles. The Kier molecular flexibility index (Phi) is 2.17. The summed E-state index contributed by atoms with van der Waals surface area (Å²) in [5.41, 5.74) is 7.36. The Labute approximate surface area is 71.9 Å². The fourth-order valence-electron chi connectivity index (χ4n) is 1.17. The molecule has 0 aliphatic rings. The molecule has 1 unspecified atom stereocenters. The van der Waals surface area contributed by atoms with E-state index in [2.05, 4.69) is 5.10 Å². The van der Waals surface area contributed by atoms with Crippen molar-refractivity contribution in [3.8, 4) is 0 Å². The van der Waals surface area contributed by atoms with Crippen LogP contribution in [0.25, 0.3) is 0 Å². The standard InChI is InChI=1S/C8H14N4/c1-5-4-6(2)12(11-5)7(3)8(9)10/h4,7H,1-3H3,(H3,9,10). The van der Waals surface area contributed by atoms with Crippen LogP contribution in [-0.4, -0.2) is 15.6 Å². The lowest BCUT2D eigenvalue weighted by Gasteiger charge is -2.11. The molecule has 66 valence electrons. The number of nitrogens with zero attached hydrogens (tertiary/aromatic N) is 2. The highest BCUT2D eigenvalue weighted by Crippen LogP contribution is 2.09. The first-order valence-corrected chi connectivity index (χ1v) is 3.89. The topological polar surface area (TPSA) is 67.7 Å². The van der Waals surface area contributed by atoms with Crippen molar-refractivity contribution in [3.05, 3.63) is 17.5 Å². The van der Waals surface area contributed by atoms with Crippen LogP contribution in [0.5, 0.6) is 0 Å². The van der Waals surface area contributed by atoms with Gasteiger partial charge in [0.1, 0.15) is 11.9 Å². The van der Waals surface area contributed by atoms with Crippen LogP contribution in [0.3, 0.4) is 0 Å². The minimum absolute atomic E-state index is 0.140. The number of hydrogen-bond acceptors (Lipinski definition) is 2. The van der Waals surface area contributed by atoms with Gasteiger partial charge in [-0.25, -0.2) is 0 Å². The molecular formula is C8H14N4. The van der Waals surface area contributed by atoms with Crippen molar-refractivity contribution in [2.45, 2.75) is 26.8 Å². The lowest BCUT2D eigenvalue weighted by molar-refractivity contribution is 0.581. The quantitative estimate of drug-likeness (QED) is 0.508. The van der Waals surface area contributed by atoms with Crippen molar-refractivity contribution >= 4 is 5.84 Å². The fraction of sp³-hybridized carbons (Fsp3) is 0.500. The smallest absolute Gasteiger partial charge is 0.116 e. The van der Waals surface area contributed by atoms with Crippen LogP contribution >= 0.6 is 0 Å². The Bertz CT molecular complexity index is 300. The Hall–Kier alpha value is -1.32. The van der Waals surface area contributed by atoms with E-state index in [1.807, 2.05) is 26.8 Å². The largest absolute Gasteiger partial charge is 0.386 e. The highest BCUT2D eigenvalue weighted by atomic mass is 15.3. The van der Waals surface area contributed by atoms with Gasteiger partial charge in [-0.15, -0.1) is 0 Å². The molecule has 1 rings (SSSR count). The average molecular weight is 166 g/mol. The predicted octanol–water partition coefficient (Wildman–Crippen LogP) is 0.997. The summed E-state index contributed by atoms with van der Waals surface area (Å²) in [5, 5.41) is 11.5. The Balaban J connectivity index is 3.02. The fourth-order valence-corrected chi connectivity index (χ4v) is 1.17. The van der Waals surface area contributed by atoms with Crippen LogP contribution in [0, 0.1) is 19.3 Å². The number of amidine groups is 1. The van der Waals surface area contributed by atoms with Crippen LogP contribution in [0.1, 0.15) is 24.4 Å². The minimum Gasteiger partial charge on any atom is -0.386 e. The maximum Gasteiger partial charge on any atom is 0.116 e. The summed E-state index contributed by atoms with van der Waals surface area (Å²) in [6, 6.07) is 1.83. The maximum atomic E-state index is 7.26. The monoisotopic (exact) mass is 166 g/mol. The van der Waals surface area contributed by atoms with Gasteiger partial charge in [0.2, 0.25) is 0 Å². The number of hydrogen-bond donors (Lipinski definition) is 2. The van der Waals surface area contributed by atoms with E-state index in [1.54, 1.807) is 4.68 Å². The summed E-state index contributed by atoms with van der Waals surface area (Å²) >= 11 is 0. The molecule has 0 saturated carbocycles. The zero-order valence-electron chi connectivity index (χ0n) is 7.63. The van der Waals surface area contributed by atoms with Gasteiger partial charge in [-0.1, -0.05) is 0 Å². The van der Waals surface area contributed by atoms with Gasteiger partial charge in [0.15, 0.2) is 0 Å². The zero-order valence-corrected chi connectivity index (χ0v) is 7.63. The minimum atomic E-state index is -0.140. The Morgan fingerprint density at radius 3 is 2.58 bits per heavy atom. The van der Waals surface area contributed by atoms with Gasteiger partial charge in [0.25, 0.3) is 0 Å². The number of aryl methyl sites for hydroxylation is 2. The molecule has 1 heterocycles. The molecule has 3 N–H and O–H groups in total. The summed E-state index contributed by atoms with van der Waals surface area (Å²) in [7, 11) is 0. The molecule has 1 atom stereocenters. The Morgan fingerprint density at radius 2 is 2.25 bits per heavy atom. The van der Waals surface area contributed by atoms with Crippen molar-refractivity contribution < 1.29 is 0 Å². The van der Waals surface area contributed by atoms with E-state index in [0.29, 0.717) is 0 Å². The van der Waals surface area contributed by atoms with Crippen LogP contribution in [0.4, 0.5) is 0 Å². The third kappa shape index (κ3) is 1.47. The van der Waals surface area contributed by atoms with E-state index in [1.165, 1.54) is 0 Å². The lowest BCUT2D eigenvalue weighted by atomic mass is 10.3. The van der Waals surface area contributed by atoms with E-state index < -0.39 is 0 Å². The molecule has 12 heavy (non-hydrogen) atoms. The van der Waals surface area contributed by atoms with Crippen LogP contribution in [0.2, 0.25) is 0 Å². The second-order valence-corrected chi connectivity index (χ2v) is 3.00. The second-order valence-electron chi connectivity index (χ2n) is 3.00. The van der Waals surface area contributed by atoms with Crippen LogP contribution in [0.15, 0.2) is 6.07 Å². The van der Waals surface area contributed by atoms with E-state index >= 15 is 0 Å².